The molecule has 0 saturated heterocycles. The Balaban J connectivity index is 2.01. The molecule has 0 saturated carbocycles. The number of benzene rings is 2. The molecule has 0 aliphatic heterocycles. The SMILES string of the molecule is O=c1oc2c[c]ccc2cc1-c1nc2ccccc2[nH]1. The summed E-state index contributed by atoms with van der Waals surface area (Å²) in [6, 6.07) is 17.6. The number of aromatic nitrogens is 2. The lowest BCUT2D eigenvalue weighted by Crippen LogP contribution is -2.03. The summed E-state index contributed by atoms with van der Waals surface area (Å²) in [5, 5.41) is 0.846. The number of rotatable bonds is 1. The molecule has 95 valence electrons. The van der Waals surface area contributed by atoms with Crippen molar-refractivity contribution in [3.05, 3.63) is 65.0 Å². The first-order chi connectivity index (χ1) is 9.81. The molecule has 0 bridgehead atoms. The van der Waals surface area contributed by atoms with Crippen LogP contribution in [0.2, 0.25) is 0 Å². The summed E-state index contributed by atoms with van der Waals surface area (Å²) in [5.41, 5.74) is 2.26. The van der Waals surface area contributed by atoms with Crippen LogP contribution in [0.3, 0.4) is 0 Å². The van der Waals surface area contributed by atoms with Gasteiger partial charge in [-0.3, -0.25) is 0 Å². The van der Waals surface area contributed by atoms with Crippen LogP contribution < -0.4 is 5.63 Å². The molecular weight excluding hydrogens is 252 g/mol. The second-order valence-electron chi connectivity index (χ2n) is 4.51. The molecule has 1 N–H and O–H groups in total. The van der Waals surface area contributed by atoms with Gasteiger partial charge in [-0.25, -0.2) is 9.78 Å². The molecule has 4 rings (SSSR count). The molecule has 4 aromatic rings. The monoisotopic (exact) mass is 261 g/mol. The van der Waals surface area contributed by atoms with E-state index >= 15 is 0 Å². The molecule has 0 aliphatic carbocycles. The number of fused-ring (bicyclic) bond motifs is 2. The van der Waals surface area contributed by atoms with E-state index in [1.165, 1.54) is 0 Å². The van der Waals surface area contributed by atoms with Crippen molar-refractivity contribution in [2.24, 2.45) is 0 Å². The maximum Gasteiger partial charge on any atom is 0.347 e. The smallest absolute Gasteiger partial charge is 0.347 e. The van der Waals surface area contributed by atoms with E-state index in [1.807, 2.05) is 30.3 Å². The highest BCUT2D eigenvalue weighted by Gasteiger charge is 2.11. The molecule has 0 unspecified atom stereocenters. The lowest BCUT2D eigenvalue weighted by molar-refractivity contribution is 0.563. The average Bonchev–Trinajstić information content (AvgIpc) is 2.90. The summed E-state index contributed by atoms with van der Waals surface area (Å²) in [7, 11) is 0. The van der Waals surface area contributed by atoms with Gasteiger partial charge in [0.15, 0.2) is 0 Å². The Hall–Kier alpha value is -2.88. The van der Waals surface area contributed by atoms with Crippen molar-refractivity contribution in [1.29, 1.82) is 0 Å². The van der Waals surface area contributed by atoms with E-state index in [4.69, 9.17) is 4.42 Å². The molecular formula is C16H9N2O2. The van der Waals surface area contributed by atoms with Crippen LogP contribution in [0.1, 0.15) is 0 Å². The Morgan fingerprint density at radius 3 is 3.00 bits per heavy atom. The van der Waals surface area contributed by atoms with Crippen molar-refractivity contribution in [1.82, 2.24) is 9.97 Å². The molecule has 0 atom stereocenters. The van der Waals surface area contributed by atoms with Gasteiger partial charge in [0.25, 0.3) is 0 Å². The highest BCUT2D eigenvalue weighted by Crippen LogP contribution is 2.21. The summed E-state index contributed by atoms with van der Waals surface area (Å²) >= 11 is 0. The molecule has 0 aliphatic rings. The minimum atomic E-state index is -0.406. The molecule has 20 heavy (non-hydrogen) atoms. The van der Waals surface area contributed by atoms with Crippen LogP contribution in [-0.4, -0.2) is 9.97 Å². The quantitative estimate of drug-likeness (QED) is 0.535. The van der Waals surface area contributed by atoms with Gasteiger partial charge >= 0.3 is 5.63 Å². The summed E-state index contributed by atoms with van der Waals surface area (Å²) in [6.07, 6.45) is 0. The molecule has 2 aromatic heterocycles. The maximum atomic E-state index is 12.1. The Labute approximate surface area is 113 Å². The zero-order valence-corrected chi connectivity index (χ0v) is 10.4. The van der Waals surface area contributed by atoms with Gasteiger partial charge in [0, 0.05) is 5.39 Å². The van der Waals surface area contributed by atoms with Gasteiger partial charge in [0.1, 0.15) is 17.0 Å². The van der Waals surface area contributed by atoms with Gasteiger partial charge in [-0.1, -0.05) is 24.3 Å². The predicted octanol–water partition coefficient (Wildman–Crippen LogP) is 3.14. The van der Waals surface area contributed by atoms with Crippen LogP contribution in [0.15, 0.2) is 57.7 Å². The number of imidazole rings is 1. The van der Waals surface area contributed by atoms with Crippen LogP contribution in [0.4, 0.5) is 0 Å². The van der Waals surface area contributed by atoms with Gasteiger partial charge in [0.2, 0.25) is 0 Å². The first-order valence-electron chi connectivity index (χ1n) is 6.20. The highest BCUT2D eigenvalue weighted by molar-refractivity contribution is 5.83. The van der Waals surface area contributed by atoms with Crippen LogP contribution in [0, 0.1) is 6.07 Å². The topological polar surface area (TPSA) is 58.9 Å². The molecule has 0 fully saturated rings. The average molecular weight is 261 g/mol. The third kappa shape index (κ3) is 1.62. The van der Waals surface area contributed by atoms with E-state index in [2.05, 4.69) is 16.0 Å². The third-order valence-electron chi connectivity index (χ3n) is 3.22. The summed E-state index contributed by atoms with van der Waals surface area (Å²) in [6.45, 7) is 0. The van der Waals surface area contributed by atoms with Gasteiger partial charge in [-0.2, -0.15) is 0 Å². The molecule has 0 amide bonds. The number of hydrogen-bond donors (Lipinski definition) is 1. The van der Waals surface area contributed by atoms with E-state index in [-0.39, 0.29) is 0 Å². The van der Waals surface area contributed by atoms with E-state index < -0.39 is 5.63 Å². The van der Waals surface area contributed by atoms with Crippen molar-refractivity contribution >= 4 is 22.0 Å². The molecule has 2 aromatic carbocycles. The Kier molecular flexibility index (Phi) is 2.23. The van der Waals surface area contributed by atoms with E-state index in [9.17, 15) is 4.79 Å². The predicted molar refractivity (Wildman–Crippen MR) is 76.4 cm³/mol. The Morgan fingerprint density at radius 2 is 2.10 bits per heavy atom. The molecule has 4 nitrogen and oxygen atoms in total. The Bertz CT molecular complexity index is 949. The standard InChI is InChI=1S/C16H9N2O2/c19-16-11(9-10-5-1-4-8-14(10)20-16)15-17-12-6-2-3-7-13(12)18-15/h1-3,5-9H,(H,17,18). The fourth-order valence-electron chi connectivity index (χ4n) is 2.25. The van der Waals surface area contributed by atoms with E-state index in [0.29, 0.717) is 17.0 Å². The summed E-state index contributed by atoms with van der Waals surface area (Å²) in [5.74, 6) is 0.523. The third-order valence-corrected chi connectivity index (χ3v) is 3.22. The molecule has 1 radical (unpaired) electrons. The summed E-state index contributed by atoms with van der Waals surface area (Å²) < 4.78 is 5.30. The highest BCUT2D eigenvalue weighted by atomic mass is 16.4. The zero-order valence-electron chi connectivity index (χ0n) is 10.4. The second kappa shape index (κ2) is 4.06. The largest absolute Gasteiger partial charge is 0.422 e. The van der Waals surface area contributed by atoms with E-state index in [0.717, 1.165) is 16.4 Å². The lowest BCUT2D eigenvalue weighted by Gasteiger charge is -1.98. The number of hydrogen-bond acceptors (Lipinski definition) is 3. The zero-order chi connectivity index (χ0) is 13.5. The lowest BCUT2D eigenvalue weighted by atomic mass is 10.2. The summed E-state index contributed by atoms with van der Waals surface area (Å²) in [4.78, 5) is 19.6. The fourth-order valence-corrected chi connectivity index (χ4v) is 2.25. The maximum absolute atomic E-state index is 12.1. The van der Waals surface area contributed by atoms with Crippen molar-refractivity contribution in [3.8, 4) is 11.4 Å². The molecule has 2 heterocycles. The first-order valence-corrected chi connectivity index (χ1v) is 6.20. The minimum absolute atomic E-state index is 0.406. The van der Waals surface area contributed by atoms with Crippen LogP contribution in [0.25, 0.3) is 33.4 Å². The Morgan fingerprint density at radius 1 is 1.20 bits per heavy atom. The van der Waals surface area contributed by atoms with Crippen molar-refractivity contribution in [3.63, 3.8) is 0 Å². The molecule has 4 heteroatoms. The second-order valence-corrected chi connectivity index (χ2v) is 4.51. The number of H-pyrrole nitrogens is 1. The van der Waals surface area contributed by atoms with Gasteiger partial charge in [0.05, 0.1) is 11.0 Å². The number of aromatic amines is 1. The number of nitrogens with zero attached hydrogens (tertiary/aromatic N) is 1. The minimum Gasteiger partial charge on any atom is -0.422 e. The number of para-hydroxylation sites is 2. The van der Waals surface area contributed by atoms with E-state index in [1.54, 1.807) is 18.2 Å². The normalized spacial score (nSPS) is 11.2. The van der Waals surface area contributed by atoms with Crippen molar-refractivity contribution in [2.75, 3.05) is 0 Å². The first kappa shape index (κ1) is 11.0. The van der Waals surface area contributed by atoms with Crippen molar-refractivity contribution < 1.29 is 4.42 Å². The molecule has 0 spiro atoms. The number of nitrogens with one attached hydrogen (secondary N) is 1. The fraction of sp³-hybridized carbons (Fsp3) is 0. The van der Waals surface area contributed by atoms with Gasteiger partial charge in [-0.15, -0.1) is 0 Å². The van der Waals surface area contributed by atoms with Crippen LogP contribution in [-0.2, 0) is 0 Å². The van der Waals surface area contributed by atoms with Gasteiger partial charge in [-0.05, 0) is 30.3 Å². The van der Waals surface area contributed by atoms with Crippen molar-refractivity contribution in [2.45, 2.75) is 0 Å². The van der Waals surface area contributed by atoms with Gasteiger partial charge < -0.3 is 9.40 Å². The van der Waals surface area contributed by atoms with Crippen LogP contribution >= 0.6 is 0 Å². The van der Waals surface area contributed by atoms with Crippen LogP contribution in [0.5, 0.6) is 0 Å².